The summed E-state index contributed by atoms with van der Waals surface area (Å²) >= 11 is 0. The Hall–Kier alpha value is -1.54. The number of aryl methyl sites for hydroxylation is 2. The predicted molar refractivity (Wildman–Crippen MR) is 127 cm³/mol. The first-order valence-electron chi connectivity index (χ1n) is 11.2. The first-order chi connectivity index (χ1) is 13.6. The molecular weight excluding hydrogens is 356 g/mol. The van der Waals surface area contributed by atoms with Gasteiger partial charge in [0.05, 0.1) is 8.80 Å². The standard InChI is InChI=1S/C26H39OSi/c1-6-9-11-14-21-19-22(15-12-10-7-2)26(27-18-8-3)24(20-21)23-16-13-17-25(23)28(4)5/h8,13,16,19-20H,3,6-7,9-12,14-15,17-18H2,1-2,4-5H3. The highest BCUT2D eigenvalue weighted by atomic mass is 28.3. The second-order valence-electron chi connectivity index (χ2n) is 8.14. The Morgan fingerprint density at radius 1 is 1.04 bits per heavy atom. The van der Waals surface area contributed by atoms with E-state index in [-0.39, 0.29) is 0 Å². The fourth-order valence-electron chi connectivity index (χ4n) is 3.97. The van der Waals surface area contributed by atoms with Gasteiger partial charge < -0.3 is 4.74 Å². The largest absolute Gasteiger partial charge is 0.489 e. The van der Waals surface area contributed by atoms with E-state index < -0.39 is 8.80 Å². The van der Waals surface area contributed by atoms with E-state index in [1.54, 1.807) is 5.20 Å². The van der Waals surface area contributed by atoms with E-state index >= 15 is 0 Å². The van der Waals surface area contributed by atoms with Gasteiger partial charge in [0, 0.05) is 5.56 Å². The molecule has 1 aliphatic carbocycles. The molecule has 0 fully saturated rings. The van der Waals surface area contributed by atoms with Crippen LogP contribution in [-0.2, 0) is 12.8 Å². The lowest BCUT2D eigenvalue weighted by atomic mass is 9.93. The zero-order chi connectivity index (χ0) is 20.4. The maximum absolute atomic E-state index is 6.29. The van der Waals surface area contributed by atoms with Crippen molar-refractivity contribution in [2.24, 2.45) is 0 Å². The van der Waals surface area contributed by atoms with Crippen LogP contribution in [0.4, 0.5) is 0 Å². The molecule has 0 spiro atoms. The molecule has 1 radical (unpaired) electrons. The summed E-state index contributed by atoms with van der Waals surface area (Å²) in [5.41, 5.74) is 5.64. The highest BCUT2D eigenvalue weighted by Gasteiger charge is 2.21. The summed E-state index contributed by atoms with van der Waals surface area (Å²) in [6.45, 7) is 13.8. The molecule has 2 heteroatoms. The zero-order valence-corrected chi connectivity index (χ0v) is 19.6. The fourth-order valence-corrected chi connectivity index (χ4v) is 5.26. The smallest absolute Gasteiger partial charge is 0.130 e. The average Bonchev–Trinajstić information content (AvgIpc) is 3.17. The summed E-state index contributed by atoms with van der Waals surface area (Å²) in [5.74, 6) is 1.11. The molecule has 0 bridgehead atoms. The van der Waals surface area contributed by atoms with Crippen LogP contribution >= 0.6 is 0 Å². The number of hydrogen-bond acceptors (Lipinski definition) is 1. The third kappa shape index (κ3) is 6.24. The van der Waals surface area contributed by atoms with Crippen LogP contribution in [0.2, 0.25) is 13.1 Å². The Kier molecular flexibility index (Phi) is 9.84. The molecule has 0 unspecified atom stereocenters. The van der Waals surface area contributed by atoms with Gasteiger partial charge in [-0.1, -0.05) is 88.7 Å². The molecule has 1 aliphatic rings. The fraction of sp³-hybridized carbons (Fsp3) is 0.538. The van der Waals surface area contributed by atoms with Crippen LogP contribution in [0.3, 0.4) is 0 Å². The Labute approximate surface area is 175 Å². The van der Waals surface area contributed by atoms with Crippen molar-refractivity contribution >= 4 is 14.4 Å². The average molecular weight is 396 g/mol. The Bertz CT molecular complexity index is 697. The molecule has 1 aromatic carbocycles. The Morgan fingerprint density at radius 2 is 1.75 bits per heavy atom. The topological polar surface area (TPSA) is 9.23 Å². The number of unbranched alkanes of at least 4 members (excludes halogenated alkanes) is 4. The molecule has 0 saturated carbocycles. The Balaban J connectivity index is 2.51. The third-order valence-electron chi connectivity index (χ3n) is 5.52. The maximum atomic E-state index is 6.29. The van der Waals surface area contributed by atoms with E-state index in [1.165, 1.54) is 67.2 Å². The molecule has 0 saturated heterocycles. The quantitative estimate of drug-likeness (QED) is 0.189. The summed E-state index contributed by atoms with van der Waals surface area (Å²) in [6.07, 6.45) is 17.5. The van der Waals surface area contributed by atoms with E-state index in [4.69, 9.17) is 4.74 Å². The van der Waals surface area contributed by atoms with Crippen LogP contribution in [-0.4, -0.2) is 15.4 Å². The molecule has 0 atom stereocenters. The van der Waals surface area contributed by atoms with E-state index in [1.807, 2.05) is 6.08 Å². The molecule has 0 heterocycles. The summed E-state index contributed by atoms with van der Waals surface area (Å²) < 4.78 is 6.29. The molecule has 0 N–H and O–H groups in total. The maximum Gasteiger partial charge on any atom is 0.130 e. The second-order valence-corrected chi connectivity index (χ2v) is 10.7. The third-order valence-corrected chi connectivity index (χ3v) is 7.20. The van der Waals surface area contributed by atoms with Crippen molar-refractivity contribution in [1.29, 1.82) is 0 Å². The predicted octanol–water partition coefficient (Wildman–Crippen LogP) is 7.72. The number of ether oxygens (including phenoxy) is 1. The van der Waals surface area contributed by atoms with Crippen LogP contribution in [0.5, 0.6) is 5.75 Å². The van der Waals surface area contributed by atoms with Crippen LogP contribution in [0.15, 0.2) is 42.1 Å². The zero-order valence-electron chi connectivity index (χ0n) is 18.6. The summed E-state index contributed by atoms with van der Waals surface area (Å²) in [7, 11) is -0.469. The van der Waals surface area contributed by atoms with Gasteiger partial charge in [0.25, 0.3) is 0 Å². The van der Waals surface area contributed by atoms with E-state index in [2.05, 4.69) is 57.8 Å². The van der Waals surface area contributed by atoms with Crippen molar-refractivity contribution in [3.63, 3.8) is 0 Å². The minimum atomic E-state index is -0.469. The van der Waals surface area contributed by atoms with E-state index in [0.29, 0.717) is 6.61 Å². The summed E-state index contributed by atoms with van der Waals surface area (Å²) in [6, 6.07) is 4.85. The first kappa shape index (κ1) is 22.7. The lowest BCUT2D eigenvalue weighted by molar-refractivity contribution is 0.357. The van der Waals surface area contributed by atoms with Crippen LogP contribution in [0.25, 0.3) is 5.57 Å². The molecule has 0 amide bonds. The van der Waals surface area contributed by atoms with Crippen LogP contribution in [0.1, 0.15) is 75.5 Å². The number of benzene rings is 1. The second kappa shape index (κ2) is 12.1. The van der Waals surface area contributed by atoms with Crippen molar-refractivity contribution < 1.29 is 4.74 Å². The van der Waals surface area contributed by atoms with E-state index in [9.17, 15) is 0 Å². The lowest BCUT2D eigenvalue weighted by Crippen LogP contribution is -2.08. The number of rotatable bonds is 13. The molecule has 2 rings (SSSR count). The van der Waals surface area contributed by atoms with Crippen molar-refractivity contribution in [2.45, 2.75) is 84.7 Å². The normalized spacial score (nSPS) is 13.6. The molecular formula is C26H39OSi. The highest BCUT2D eigenvalue weighted by Crippen LogP contribution is 2.39. The molecule has 1 aromatic rings. The molecule has 0 aliphatic heterocycles. The van der Waals surface area contributed by atoms with Gasteiger partial charge in [0.15, 0.2) is 0 Å². The number of allylic oxidation sites excluding steroid dienone is 4. The molecule has 1 nitrogen and oxygen atoms in total. The van der Waals surface area contributed by atoms with E-state index in [0.717, 1.165) is 18.6 Å². The van der Waals surface area contributed by atoms with Gasteiger partial charge in [-0.05, 0) is 54.9 Å². The van der Waals surface area contributed by atoms with Gasteiger partial charge in [-0.3, -0.25) is 0 Å². The van der Waals surface area contributed by atoms with Crippen LogP contribution in [0, 0.1) is 0 Å². The summed E-state index contributed by atoms with van der Waals surface area (Å²) in [5, 5.41) is 1.64. The Morgan fingerprint density at radius 3 is 2.39 bits per heavy atom. The molecule has 153 valence electrons. The number of hydrogen-bond donors (Lipinski definition) is 0. The SMILES string of the molecule is C=CCOc1c(CCCCC)cc(CCCCC)cc1C1=C([Si](C)C)CC=C1. The van der Waals surface area contributed by atoms with Crippen molar-refractivity contribution in [3.05, 3.63) is 58.8 Å². The van der Waals surface area contributed by atoms with Gasteiger partial charge in [0.2, 0.25) is 0 Å². The van der Waals surface area contributed by atoms with Gasteiger partial charge in [-0.15, -0.1) is 0 Å². The van der Waals surface area contributed by atoms with Crippen molar-refractivity contribution in [2.75, 3.05) is 6.61 Å². The minimum Gasteiger partial charge on any atom is -0.489 e. The highest BCUT2D eigenvalue weighted by molar-refractivity contribution is 6.65. The lowest BCUT2D eigenvalue weighted by Gasteiger charge is -2.20. The van der Waals surface area contributed by atoms with Crippen molar-refractivity contribution in [3.8, 4) is 5.75 Å². The van der Waals surface area contributed by atoms with Crippen LogP contribution < -0.4 is 4.74 Å². The molecule has 0 aromatic heterocycles. The monoisotopic (exact) mass is 395 g/mol. The summed E-state index contributed by atoms with van der Waals surface area (Å²) in [4.78, 5) is 0. The first-order valence-corrected chi connectivity index (χ1v) is 13.7. The molecule has 28 heavy (non-hydrogen) atoms. The van der Waals surface area contributed by atoms with Crippen molar-refractivity contribution in [1.82, 2.24) is 0 Å². The van der Waals surface area contributed by atoms with Gasteiger partial charge in [-0.2, -0.15) is 0 Å². The minimum absolute atomic E-state index is 0.469. The van der Waals surface area contributed by atoms with Gasteiger partial charge in [-0.25, -0.2) is 0 Å². The van der Waals surface area contributed by atoms with Gasteiger partial charge >= 0.3 is 0 Å². The van der Waals surface area contributed by atoms with Gasteiger partial charge in [0.1, 0.15) is 12.4 Å².